The highest BCUT2D eigenvalue weighted by atomic mass is 32.2. The van der Waals surface area contributed by atoms with Gasteiger partial charge in [-0.2, -0.15) is 0 Å². The van der Waals surface area contributed by atoms with Gasteiger partial charge in [-0.05, 0) is 49.3 Å². The van der Waals surface area contributed by atoms with Crippen LogP contribution >= 0.6 is 11.8 Å². The van der Waals surface area contributed by atoms with Gasteiger partial charge in [0.2, 0.25) is 0 Å². The van der Waals surface area contributed by atoms with E-state index >= 15 is 0 Å². The van der Waals surface area contributed by atoms with Crippen LogP contribution in [-0.2, 0) is 4.79 Å². The maximum Gasteiger partial charge on any atom is 0.344 e. The summed E-state index contributed by atoms with van der Waals surface area (Å²) in [5.41, 5.74) is 0. The van der Waals surface area contributed by atoms with Gasteiger partial charge in [-0.25, -0.2) is 4.79 Å². The van der Waals surface area contributed by atoms with Gasteiger partial charge in [-0.3, -0.25) is 0 Å². The van der Waals surface area contributed by atoms with Crippen LogP contribution in [0.3, 0.4) is 0 Å². The van der Waals surface area contributed by atoms with Gasteiger partial charge in [-0.1, -0.05) is 71.6 Å². The molecule has 0 amide bonds. The van der Waals surface area contributed by atoms with Gasteiger partial charge < -0.3 is 9.84 Å². The first-order chi connectivity index (χ1) is 13.2. The lowest BCUT2D eigenvalue weighted by Gasteiger charge is -2.15. The highest BCUT2D eigenvalue weighted by molar-refractivity contribution is 7.99. The predicted molar refractivity (Wildman–Crippen MR) is 116 cm³/mol. The summed E-state index contributed by atoms with van der Waals surface area (Å²) in [7, 11) is 0. The molecular formula is C23H38O3S. The van der Waals surface area contributed by atoms with Crippen molar-refractivity contribution in [2.45, 2.75) is 102 Å². The Hall–Kier alpha value is -1.16. The van der Waals surface area contributed by atoms with E-state index in [1.807, 2.05) is 36.0 Å². The maximum atomic E-state index is 11.5. The molecule has 1 aromatic rings. The first-order valence-corrected chi connectivity index (χ1v) is 11.8. The molecule has 0 radical (unpaired) electrons. The highest BCUT2D eigenvalue weighted by Gasteiger charge is 2.18. The fourth-order valence-corrected chi connectivity index (χ4v) is 3.93. The molecule has 0 fully saturated rings. The highest BCUT2D eigenvalue weighted by Crippen LogP contribution is 2.24. The van der Waals surface area contributed by atoms with Crippen LogP contribution < -0.4 is 4.74 Å². The zero-order valence-electron chi connectivity index (χ0n) is 17.3. The van der Waals surface area contributed by atoms with Gasteiger partial charge in [0.1, 0.15) is 5.75 Å². The standard InChI is InChI=1S/C23H38O3S/c1-3-5-7-9-10-12-14-22(23(24)25)26-20-15-17-21(18-16-20)27-19-13-11-8-6-4-2/h15-18,22H,3-14,19H2,1-2H3,(H,24,25). The Balaban J connectivity index is 2.30. The number of carboxylic acid groups (broad SMARTS) is 1. The molecule has 0 aromatic heterocycles. The topological polar surface area (TPSA) is 46.5 Å². The monoisotopic (exact) mass is 394 g/mol. The third kappa shape index (κ3) is 12.0. The smallest absolute Gasteiger partial charge is 0.344 e. The predicted octanol–water partition coefficient (Wildman–Crippen LogP) is 7.33. The van der Waals surface area contributed by atoms with Crippen molar-refractivity contribution in [1.29, 1.82) is 0 Å². The Morgan fingerprint density at radius 3 is 2.04 bits per heavy atom. The molecule has 0 aliphatic carbocycles. The fraction of sp³-hybridized carbons (Fsp3) is 0.696. The Labute approximate surface area is 170 Å². The minimum Gasteiger partial charge on any atom is -0.479 e. The second kappa shape index (κ2) is 15.9. The number of carboxylic acids is 1. The molecule has 1 N–H and O–H groups in total. The van der Waals surface area contributed by atoms with Crippen molar-refractivity contribution in [3.05, 3.63) is 24.3 Å². The largest absolute Gasteiger partial charge is 0.479 e. The molecule has 0 heterocycles. The number of rotatable bonds is 17. The van der Waals surface area contributed by atoms with E-state index in [2.05, 4.69) is 13.8 Å². The van der Waals surface area contributed by atoms with Crippen LogP contribution in [-0.4, -0.2) is 22.9 Å². The zero-order chi connectivity index (χ0) is 19.7. The molecule has 0 saturated carbocycles. The molecule has 0 spiro atoms. The third-order valence-electron chi connectivity index (χ3n) is 4.71. The molecule has 1 rings (SSSR count). The van der Waals surface area contributed by atoms with Gasteiger partial charge in [0, 0.05) is 4.90 Å². The minimum absolute atomic E-state index is 0.579. The number of hydrogen-bond donors (Lipinski definition) is 1. The summed E-state index contributed by atoms with van der Waals surface area (Å²) >= 11 is 1.86. The molecule has 27 heavy (non-hydrogen) atoms. The number of aliphatic carboxylic acids is 1. The molecule has 3 nitrogen and oxygen atoms in total. The maximum absolute atomic E-state index is 11.5. The van der Waals surface area contributed by atoms with Crippen molar-refractivity contribution >= 4 is 17.7 Å². The molecule has 0 aliphatic rings. The molecule has 1 aromatic carbocycles. The molecule has 154 valence electrons. The van der Waals surface area contributed by atoms with Crippen LogP contribution in [0.1, 0.15) is 90.9 Å². The summed E-state index contributed by atoms with van der Waals surface area (Å²) < 4.78 is 5.72. The summed E-state index contributed by atoms with van der Waals surface area (Å²) in [6, 6.07) is 7.87. The summed E-state index contributed by atoms with van der Waals surface area (Å²) in [5.74, 6) is 0.925. The summed E-state index contributed by atoms with van der Waals surface area (Å²) in [5, 5.41) is 9.41. The van der Waals surface area contributed by atoms with Gasteiger partial charge in [0.15, 0.2) is 6.10 Å². The van der Waals surface area contributed by atoms with Crippen LogP contribution in [0, 0.1) is 0 Å². The van der Waals surface area contributed by atoms with Gasteiger partial charge in [-0.15, -0.1) is 11.8 Å². The molecule has 0 saturated heterocycles. The number of thioether (sulfide) groups is 1. The first-order valence-electron chi connectivity index (χ1n) is 10.8. The molecule has 1 unspecified atom stereocenters. The molecule has 0 bridgehead atoms. The lowest BCUT2D eigenvalue weighted by atomic mass is 10.1. The van der Waals surface area contributed by atoms with E-state index in [9.17, 15) is 9.90 Å². The van der Waals surface area contributed by atoms with E-state index < -0.39 is 12.1 Å². The van der Waals surface area contributed by atoms with Crippen molar-refractivity contribution in [3.63, 3.8) is 0 Å². The van der Waals surface area contributed by atoms with Crippen molar-refractivity contribution in [3.8, 4) is 5.75 Å². The van der Waals surface area contributed by atoms with Gasteiger partial charge in [0.05, 0.1) is 0 Å². The Kier molecular flexibility index (Phi) is 14.0. The second-order valence-electron chi connectivity index (χ2n) is 7.24. The van der Waals surface area contributed by atoms with E-state index in [0.29, 0.717) is 12.2 Å². The van der Waals surface area contributed by atoms with Crippen molar-refractivity contribution < 1.29 is 14.6 Å². The van der Waals surface area contributed by atoms with Gasteiger partial charge >= 0.3 is 5.97 Å². The fourth-order valence-electron chi connectivity index (χ4n) is 3.02. The van der Waals surface area contributed by atoms with E-state index in [4.69, 9.17) is 4.74 Å². The van der Waals surface area contributed by atoms with Crippen LogP contribution in [0.4, 0.5) is 0 Å². The average molecular weight is 395 g/mol. The van der Waals surface area contributed by atoms with Gasteiger partial charge in [0.25, 0.3) is 0 Å². The van der Waals surface area contributed by atoms with E-state index in [1.165, 1.54) is 62.7 Å². The average Bonchev–Trinajstić information content (AvgIpc) is 2.67. The summed E-state index contributed by atoms with van der Waals surface area (Å²) in [6.07, 6.45) is 13.3. The second-order valence-corrected chi connectivity index (χ2v) is 8.40. The zero-order valence-corrected chi connectivity index (χ0v) is 18.1. The van der Waals surface area contributed by atoms with Crippen molar-refractivity contribution in [2.24, 2.45) is 0 Å². The Morgan fingerprint density at radius 1 is 0.889 bits per heavy atom. The first kappa shape index (κ1) is 23.9. The van der Waals surface area contributed by atoms with Crippen LogP contribution in [0.5, 0.6) is 5.75 Å². The number of carbonyl (C=O) groups is 1. The minimum atomic E-state index is -0.867. The van der Waals surface area contributed by atoms with Crippen LogP contribution in [0.25, 0.3) is 0 Å². The van der Waals surface area contributed by atoms with Crippen LogP contribution in [0.2, 0.25) is 0 Å². The quantitative estimate of drug-likeness (QED) is 0.222. The summed E-state index contributed by atoms with van der Waals surface area (Å²) in [4.78, 5) is 12.7. The van der Waals surface area contributed by atoms with Crippen molar-refractivity contribution in [2.75, 3.05) is 5.75 Å². The molecule has 0 aliphatic heterocycles. The number of ether oxygens (including phenoxy) is 1. The number of benzene rings is 1. The molecule has 1 atom stereocenters. The molecule has 4 heteroatoms. The molecular weight excluding hydrogens is 356 g/mol. The van der Waals surface area contributed by atoms with E-state index in [0.717, 1.165) is 18.6 Å². The Bertz CT molecular complexity index is 487. The van der Waals surface area contributed by atoms with E-state index in [1.54, 1.807) is 0 Å². The lowest BCUT2D eigenvalue weighted by molar-refractivity contribution is -0.145. The number of unbranched alkanes of at least 4 members (excludes halogenated alkanes) is 9. The normalized spacial score (nSPS) is 12.1. The lowest BCUT2D eigenvalue weighted by Crippen LogP contribution is -2.26. The third-order valence-corrected chi connectivity index (χ3v) is 5.81. The number of hydrogen-bond acceptors (Lipinski definition) is 3. The van der Waals surface area contributed by atoms with Crippen LogP contribution in [0.15, 0.2) is 29.2 Å². The SMILES string of the molecule is CCCCCCCCC(Oc1ccc(SCCCCCCC)cc1)C(=O)O. The summed E-state index contributed by atoms with van der Waals surface area (Å²) in [6.45, 7) is 4.44. The Morgan fingerprint density at radius 2 is 1.44 bits per heavy atom. The van der Waals surface area contributed by atoms with Crippen molar-refractivity contribution in [1.82, 2.24) is 0 Å². The van der Waals surface area contributed by atoms with E-state index in [-0.39, 0.29) is 0 Å².